The zero-order chi connectivity index (χ0) is 13.1. The van der Waals surface area contributed by atoms with Crippen molar-refractivity contribution in [3.05, 3.63) is 0 Å². The summed E-state index contributed by atoms with van der Waals surface area (Å²) in [5.41, 5.74) is 0. The summed E-state index contributed by atoms with van der Waals surface area (Å²) in [6.45, 7) is 10.2. The van der Waals surface area contributed by atoms with E-state index in [1.165, 1.54) is 12.8 Å². The minimum Gasteiger partial charge on any atom is -0.381 e. The molecular weight excluding hydrogens is 212 g/mol. The highest BCUT2D eigenvalue weighted by molar-refractivity contribution is 5.80. The number of unbranched alkanes of at least 4 members (excludes halogenated alkanes) is 2. The summed E-state index contributed by atoms with van der Waals surface area (Å²) in [6, 6.07) is 0. The van der Waals surface area contributed by atoms with Crippen LogP contribution in [0, 0.1) is 11.8 Å². The van der Waals surface area contributed by atoms with Crippen LogP contribution in [0.15, 0.2) is 0 Å². The van der Waals surface area contributed by atoms with Crippen molar-refractivity contribution in [2.45, 2.75) is 66.2 Å². The Bertz CT molecular complexity index is 185. The van der Waals surface area contributed by atoms with E-state index in [1.54, 1.807) is 0 Å². The second-order valence-corrected chi connectivity index (χ2v) is 5.58. The number of rotatable bonds is 11. The van der Waals surface area contributed by atoms with Crippen LogP contribution < -0.4 is 0 Å². The minimum absolute atomic E-state index is 0.197. The van der Waals surface area contributed by atoms with Crippen LogP contribution in [0.1, 0.15) is 66.2 Å². The molecule has 0 amide bonds. The van der Waals surface area contributed by atoms with Crippen molar-refractivity contribution in [1.29, 1.82) is 0 Å². The lowest BCUT2D eigenvalue weighted by atomic mass is 10.0. The lowest BCUT2D eigenvalue weighted by Gasteiger charge is -2.06. The van der Waals surface area contributed by atoms with Gasteiger partial charge in [-0.25, -0.2) is 0 Å². The van der Waals surface area contributed by atoms with Gasteiger partial charge >= 0.3 is 0 Å². The first kappa shape index (κ1) is 16.6. The molecule has 0 aromatic heterocycles. The number of carbonyl (C=O) groups is 1. The maximum absolute atomic E-state index is 11.3. The van der Waals surface area contributed by atoms with Crippen LogP contribution in [0.5, 0.6) is 0 Å². The maximum atomic E-state index is 11.3. The standard InChI is InChI=1S/C15H30O2/c1-13(2)9-8-12-17-11-7-5-6-10-15(16)14(3)4/h13-14H,5-12H2,1-4H3. The molecule has 0 N–H and O–H groups in total. The second kappa shape index (κ2) is 10.8. The first-order valence-electron chi connectivity index (χ1n) is 7.14. The maximum Gasteiger partial charge on any atom is 0.135 e. The number of Topliss-reactive ketones (excluding diaryl/α,β-unsaturated/α-hetero) is 1. The number of hydrogen-bond donors (Lipinski definition) is 0. The predicted octanol–water partition coefficient (Wildman–Crippen LogP) is 4.22. The van der Waals surface area contributed by atoms with Gasteiger partial charge in [-0.05, 0) is 31.6 Å². The molecule has 2 nitrogen and oxygen atoms in total. The van der Waals surface area contributed by atoms with E-state index >= 15 is 0 Å². The van der Waals surface area contributed by atoms with E-state index in [1.807, 2.05) is 13.8 Å². The average Bonchev–Trinajstić information content (AvgIpc) is 2.25. The van der Waals surface area contributed by atoms with Crippen LogP contribution in [0.3, 0.4) is 0 Å². The number of ketones is 1. The fourth-order valence-electron chi connectivity index (χ4n) is 1.66. The van der Waals surface area contributed by atoms with Gasteiger partial charge in [-0.15, -0.1) is 0 Å². The molecule has 0 rings (SSSR count). The number of carbonyl (C=O) groups excluding carboxylic acids is 1. The zero-order valence-electron chi connectivity index (χ0n) is 12.1. The van der Waals surface area contributed by atoms with E-state index < -0.39 is 0 Å². The largest absolute Gasteiger partial charge is 0.381 e. The summed E-state index contributed by atoms with van der Waals surface area (Å²) in [5.74, 6) is 1.37. The van der Waals surface area contributed by atoms with Crippen molar-refractivity contribution in [2.24, 2.45) is 11.8 Å². The van der Waals surface area contributed by atoms with E-state index in [0.29, 0.717) is 5.78 Å². The molecule has 0 fully saturated rings. The SMILES string of the molecule is CC(C)CCCOCCCCCC(=O)C(C)C. The quantitative estimate of drug-likeness (QED) is 0.507. The smallest absolute Gasteiger partial charge is 0.135 e. The number of hydrogen-bond acceptors (Lipinski definition) is 2. The minimum atomic E-state index is 0.197. The Morgan fingerprint density at radius 1 is 0.941 bits per heavy atom. The Morgan fingerprint density at radius 3 is 2.18 bits per heavy atom. The summed E-state index contributed by atoms with van der Waals surface area (Å²) >= 11 is 0. The molecule has 0 aromatic rings. The van der Waals surface area contributed by atoms with Crippen molar-refractivity contribution in [3.63, 3.8) is 0 Å². The molecule has 0 aliphatic heterocycles. The lowest BCUT2D eigenvalue weighted by molar-refractivity contribution is -0.122. The summed E-state index contributed by atoms with van der Waals surface area (Å²) in [4.78, 5) is 11.3. The highest BCUT2D eigenvalue weighted by atomic mass is 16.5. The third-order valence-electron chi connectivity index (χ3n) is 2.93. The van der Waals surface area contributed by atoms with Crippen LogP contribution in [0.25, 0.3) is 0 Å². The molecule has 0 aromatic carbocycles. The summed E-state index contributed by atoms with van der Waals surface area (Å²) in [5, 5.41) is 0. The van der Waals surface area contributed by atoms with Gasteiger partial charge in [0.1, 0.15) is 5.78 Å². The van der Waals surface area contributed by atoms with E-state index in [4.69, 9.17) is 4.74 Å². The van der Waals surface area contributed by atoms with Crippen LogP contribution in [-0.4, -0.2) is 19.0 Å². The van der Waals surface area contributed by atoms with Crippen molar-refractivity contribution in [1.82, 2.24) is 0 Å². The third-order valence-corrected chi connectivity index (χ3v) is 2.93. The van der Waals surface area contributed by atoms with Gasteiger partial charge in [-0.3, -0.25) is 4.79 Å². The summed E-state index contributed by atoms with van der Waals surface area (Å²) < 4.78 is 5.55. The molecule has 0 saturated carbocycles. The lowest BCUT2D eigenvalue weighted by Crippen LogP contribution is -2.06. The molecule has 0 saturated heterocycles. The Balaban J connectivity index is 3.11. The van der Waals surface area contributed by atoms with E-state index in [-0.39, 0.29) is 5.92 Å². The van der Waals surface area contributed by atoms with Gasteiger partial charge in [0.2, 0.25) is 0 Å². The predicted molar refractivity (Wildman–Crippen MR) is 73.2 cm³/mol. The number of ether oxygens (including phenoxy) is 1. The molecule has 0 spiro atoms. The second-order valence-electron chi connectivity index (χ2n) is 5.58. The molecule has 0 unspecified atom stereocenters. The van der Waals surface area contributed by atoms with E-state index in [0.717, 1.165) is 44.8 Å². The first-order valence-corrected chi connectivity index (χ1v) is 7.14. The van der Waals surface area contributed by atoms with Crippen LogP contribution in [0.2, 0.25) is 0 Å². The molecule has 17 heavy (non-hydrogen) atoms. The van der Waals surface area contributed by atoms with Crippen molar-refractivity contribution in [2.75, 3.05) is 13.2 Å². The van der Waals surface area contributed by atoms with Gasteiger partial charge < -0.3 is 4.74 Å². The molecule has 102 valence electrons. The molecule has 0 heterocycles. The first-order chi connectivity index (χ1) is 8.04. The summed E-state index contributed by atoms with van der Waals surface area (Å²) in [7, 11) is 0. The Hall–Kier alpha value is -0.370. The van der Waals surface area contributed by atoms with Crippen LogP contribution in [0.4, 0.5) is 0 Å². The fourth-order valence-corrected chi connectivity index (χ4v) is 1.66. The molecule has 0 aliphatic rings. The monoisotopic (exact) mass is 242 g/mol. The summed E-state index contributed by atoms with van der Waals surface area (Å²) in [6.07, 6.45) is 6.39. The highest BCUT2D eigenvalue weighted by Crippen LogP contribution is 2.07. The van der Waals surface area contributed by atoms with E-state index in [9.17, 15) is 4.79 Å². The van der Waals surface area contributed by atoms with Crippen LogP contribution in [-0.2, 0) is 9.53 Å². The third kappa shape index (κ3) is 11.9. The molecule has 0 atom stereocenters. The van der Waals surface area contributed by atoms with Gasteiger partial charge in [0.05, 0.1) is 0 Å². The van der Waals surface area contributed by atoms with E-state index in [2.05, 4.69) is 13.8 Å². The molecular formula is C15H30O2. The highest BCUT2D eigenvalue weighted by Gasteiger charge is 2.05. The Morgan fingerprint density at radius 2 is 1.59 bits per heavy atom. The van der Waals surface area contributed by atoms with Gasteiger partial charge in [0.25, 0.3) is 0 Å². The van der Waals surface area contributed by atoms with Crippen molar-refractivity contribution >= 4 is 5.78 Å². The zero-order valence-corrected chi connectivity index (χ0v) is 12.1. The van der Waals surface area contributed by atoms with Crippen molar-refractivity contribution < 1.29 is 9.53 Å². The Labute approximate surface area is 107 Å². The van der Waals surface area contributed by atoms with Gasteiger partial charge in [-0.2, -0.15) is 0 Å². The normalized spacial score (nSPS) is 11.4. The van der Waals surface area contributed by atoms with Gasteiger partial charge in [0, 0.05) is 25.6 Å². The molecule has 0 radical (unpaired) electrons. The molecule has 2 heteroatoms. The van der Waals surface area contributed by atoms with Gasteiger partial charge in [0.15, 0.2) is 0 Å². The average molecular weight is 242 g/mol. The van der Waals surface area contributed by atoms with Crippen LogP contribution >= 0.6 is 0 Å². The topological polar surface area (TPSA) is 26.3 Å². The fraction of sp³-hybridized carbons (Fsp3) is 0.933. The molecule has 0 aliphatic carbocycles. The van der Waals surface area contributed by atoms with Crippen molar-refractivity contribution in [3.8, 4) is 0 Å². The molecule has 0 bridgehead atoms. The Kier molecular flexibility index (Phi) is 10.5. The van der Waals surface area contributed by atoms with Gasteiger partial charge in [-0.1, -0.05) is 34.1 Å².